The Labute approximate surface area is 115 Å². The van der Waals surface area contributed by atoms with E-state index in [2.05, 4.69) is 5.32 Å². The predicted octanol–water partition coefficient (Wildman–Crippen LogP) is 4.11. The van der Waals surface area contributed by atoms with Crippen LogP contribution in [0.5, 0.6) is 5.75 Å². The van der Waals surface area contributed by atoms with Gasteiger partial charge in [-0.05, 0) is 25.1 Å². The van der Waals surface area contributed by atoms with Crippen molar-refractivity contribution in [3.8, 4) is 5.75 Å². The molecule has 1 N–H and O–H groups in total. The summed E-state index contributed by atoms with van der Waals surface area (Å²) >= 11 is 0. The van der Waals surface area contributed by atoms with Gasteiger partial charge in [-0.2, -0.15) is 0 Å². The average molecular weight is 281 g/mol. The van der Waals surface area contributed by atoms with Gasteiger partial charge in [0.05, 0.1) is 12.3 Å². The van der Waals surface area contributed by atoms with E-state index < -0.39 is 17.5 Å². The number of rotatable bonds is 5. The maximum atomic E-state index is 13.5. The van der Waals surface area contributed by atoms with Gasteiger partial charge < -0.3 is 10.1 Å². The molecule has 106 valence electrons. The molecule has 0 amide bonds. The van der Waals surface area contributed by atoms with Crippen LogP contribution in [0.2, 0.25) is 0 Å². The molecule has 0 saturated heterocycles. The van der Waals surface area contributed by atoms with E-state index in [4.69, 9.17) is 4.74 Å². The third kappa shape index (κ3) is 3.23. The summed E-state index contributed by atoms with van der Waals surface area (Å²) in [4.78, 5) is 0. The lowest BCUT2D eigenvalue weighted by Crippen LogP contribution is -2.05. The molecule has 0 atom stereocenters. The lowest BCUT2D eigenvalue weighted by Gasteiger charge is -2.13. The van der Waals surface area contributed by atoms with Crippen molar-refractivity contribution < 1.29 is 17.9 Å². The molecule has 0 saturated carbocycles. The van der Waals surface area contributed by atoms with Crippen LogP contribution in [0, 0.1) is 17.5 Å². The van der Waals surface area contributed by atoms with Crippen LogP contribution < -0.4 is 10.1 Å². The molecule has 0 aliphatic rings. The lowest BCUT2D eigenvalue weighted by atomic mass is 10.2. The molecule has 0 radical (unpaired) electrons. The highest BCUT2D eigenvalue weighted by Crippen LogP contribution is 2.26. The Morgan fingerprint density at radius 1 is 1.10 bits per heavy atom. The first-order chi connectivity index (χ1) is 9.61. The summed E-state index contributed by atoms with van der Waals surface area (Å²) in [6.07, 6.45) is 0. The van der Waals surface area contributed by atoms with Crippen molar-refractivity contribution in [1.82, 2.24) is 0 Å². The molecule has 0 bridgehead atoms. The second-order valence-electron chi connectivity index (χ2n) is 4.14. The van der Waals surface area contributed by atoms with E-state index in [-0.39, 0.29) is 12.1 Å². The monoisotopic (exact) mass is 281 g/mol. The van der Waals surface area contributed by atoms with Crippen molar-refractivity contribution in [1.29, 1.82) is 0 Å². The fourth-order valence-corrected chi connectivity index (χ4v) is 1.79. The van der Waals surface area contributed by atoms with Crippen LogP contribution in [-0.2, 0) is 6.54 Å². The Morgan fingerprint density at radius 2 is 1.90 bits per heavy atom. The van der Waals surface area contributed by atoms with Crippen molar-refractivity contribution in [2.45, 2.75) is 13.5 Å². The van der Waals surface area contributed by atoms with Gasteiger partial charge in [-0.25, -0.2) is 13.2 Å². The van der Waals surface area contributed by atoms with Crippen LogP contribution in [0.25, 0.3) is 0 Å². The molecular formula is C15H14F3NO. The Balaban J connectivity index is 2.16. The van der Waals surface area contributed by atoms with Crippen LogP contribution in [0.15, 0.2) is 36.4 Å². The van der Waals surface area contributed by atoms with Crippen LogP contribution in [-0.4, -0.2) is 6.61 Å². The zero-order chi connectivity index (χ0) is 14.5. The minimum atomic E-state index is -0.895. The molecule has 2 aromatic rings. The first-order valence-corrected chi connectivity index (χ1v) is 6.21. The summed E-state index contributed by atoms with van der Waals surface area (Å²) < 4.78 is 45.0. The van der Waals surface area contributed by atoms with Crippen molar-refractivity contribution in [2.75, 3.05) is 11.9 Å². The number of hydrogen-bond donors (Lipinski definition) is 1. The Hall–Kier alpha value is -2.17. The van der Waals surface area contributed by atoms with E-state index in [0.29, 0.717) is 18.0 Å². The molecule has 0 aromatic heterocycles. The molecule has 2 rings (SSSR count). The topological polar surface area (TPSA) is 21.3 Å². The van der Waals surface area contributed by atoms with Crippen molar-refractivity contribution >= 4 is 5.69 Å². The van der Waals surface area contributed by atoms with E-state index in [0.717, 1.165) is 6.07 Å². The van der Waals surface area contributed by atoms with Gasteiger partial charge in [0, 0.05) is 18.2 Å². The van der Waals surface area contributed by atoms with Crippen molar-refractivity contribution in [3.63, 3.8) is 0 Å². The summed E-state index contributed by atoms with van der Waals surface area (Å²) in [6, 6.07) is 7.99. The number of nitrogens with one attached hydrogen (secondary N) is 1. The predicted molar refractivity (Wildman–Crippen MR) is 71.3 cm³/mol. The first-order valence-electron chi connectivity index (χ1n) is 6.21. The Bertz CT molecular complexity index is 602. The van der Waals surface area contributed by atoms with E-state index >= 15 is 0 Å². The average Bonchev–Trinajstić information content (AvgIpc) is 2.42. The van der Waals surface area contributed by atoms with Gasteiger partial charge in [0.2, 0.25) is 0 Å². The van der Waals surface area contributed by atoms with Crippen LogP contribution in [0.3, 0.4) is 0 Å². The summed E-state index contributed by atoms with van der Waals surface area (Å²) in [5.74, 6) is -1.87. The SMILES string of the molecule is CCOc1cc(F)ccc1NCc1cccc(F)c1F. The summed E-state index contributed by atoms with van der Waals surface area (Å²) in [6.45, 7) is 2.24. The van der Waals surface area contributed by atoms with Gasteiger partial charge in [0.1, 0.15) is 11.6 Å². The highest BCUT2D eigenvalue weighted by atomic mass is 19.2. The molecule has 0 fully saturated rings. The third-order valence-corrected chi connectivity index (χ3v) is 2.74. The molecule has 0 aliphatic carbocycles. The standard InChI is InChI=1S/C15H14F3NO/c1-2-20-14-8-11(16)6-7-13(14)19-9-10-4-3-5-12(17)15(10)18/h3-8,19H,2,9H2,1H3. The quantitative estimate of drug-likeness (QED) is 0.890. The second kappa shape index (κ2) is 6.32. The van der Waals surface area contributed by atoms with Crippen LogP contribution in [0.4, 0.5) is 18.9 Å². The number of benzene rings is 2. The molecule has 2 aromatic carbocycles. The van der Waals surface area contributed by atoms with E-state index in [1.807, 2.05) is 0 Å². The largest absolute Gasteiger partial charge is 0.492 e. The van der Waals surface area contributed by atoms with Gasteiger partial charge >= 0.3 is 0 Å². The Morgan fingerprint density at radius 3 is 2.65 bits per heavy atom. The number of ether oxygens (including phenoxy) is 1. The maximum Gasteiger partial charge on any atom is 0.163 e. The van der Waals surface area contributed by atoms with Gasteiger partial charge in [-0.1, -0.05) is 12.1 Å². The highest BCUT2D eigenvalue weighted by Gasteiger charge is 2.09. The number of hydrogen-bond acceptors (Lipinski definition) is 2. The zero-order valence-electron chi connectivity index (χ0n) is 10.9. The fourth-order valence-electron chi connectivity index (χ4n) is 1.79. The maximum absolute atomic E-state index is 13.5. The molecule has 2 nitrogen and oxygen atoms in total. The molecular weight excluding hydrogens is 267 g/mol. The molecule has 0 spiro atoms. The van der Waals surface area contributed by atoms with E-state index in [1.165, 1.54) is 30.3 Å². The minimum Gasteiger partial charge on any atom is -0.492 e. The third-order valence-electron chi connectivity index (χ3n) is 2.74. The van der Waals surface area contributed by atoms with Gasteiger partial charge in [0.25, 0.3) is 0 Å². The van der Waals surface area contributed by atoms with Gasteiger partial charge in [0.15, 0.2) is 11.6 Å². The smallest absolute Gasteiger partial charge is 0.163 e. The number of halogens is 3. The molecule has 0 unspecified atom stereocenters. The van der Waals surface area contributed by atoms with Crippen molar-refractivity contribution in [3.05, 3.63) is 59.4 Å². The van der Waals surface area contributed by atoms with Gasteiger partial charge in [-0.3, -0.25) is 0 Å². The Kier molecular flexibility index (Phi) is 4.50. The summed E-state index contributed by atoms with van der Waals surface area (Å²) in [7, 11) is 0. The lowest BCUT2D eigenvalue weighted by molar-refractivity contribution is 0.339. The minimum absolute atomic E-state index is 0.0787. The highest BCUT2D eigenvalue weighted by molar-refractivity contribution is 5.56. The number of anilines is 1. The zero-order valence-corrected chi connectivity index (χ0v) is 10.9. The molecule has 5 heteroatoms. The van der Waals surface area contributed by atoms with Gasteiger partial charge in [-0.15, -0.1) is 0 Å². The van der Waals surface area contributed by atoms with E-state index in [9.17, 15) is 13.2 Å². The van der Waals surface area contributed by atoms with Crippen LogP contribution >= 0.6 is 0 Å². The fraction of sp³-hybridized carbons (Fsp3) is 0.200. The molecule has 0 heterocycles. The summed E-state index contributed by atoms with van der Waals surface area (Å²) in [5, 5.41) is 2.91. The van der Waals surface area contributed by atoms with E-state index in [1.54, 1.807) is 6.92 Å². The molecule has 20 heavy (non-hydrogen) atoms. The van der Waals surface area contributed by atoms with Crippen LogP contribution in [0.1, 0.15) is 12.5 Å². The van der Waals surface area contributed by atoms with Crippen molar-refractivity contribution in [2.24, 2.45) is 0 Å². The first kappa shape index (κ1) is 14.2. The molecule has 0 aliphatic heterocycles. The second-order valence-corrected chi connectivity index (χ2v) is 4.14. The normalized spacial score (nSPS) is 10.4. The summed E-state index contributed by atoms with van der Waals surface area (Å²) in [5.41, 5.74) is 0.716.